The lowest BCUT2D eigenvalue weighted by Crippen LogP contribution is -2.45. The number of hydrogen-bond donors (Lipinski definition) is 2. The molecule has 3 N–H and O–H groups in total. The first-order valence-corrected chi connectivity index (χ1v) is 16.0. The fraction of sp³-hybridized carbons (Fsp3) is 0.452. The molecule has 0 aliphatic carbocycles. The molecule has 2 fully saturated rings. The summed E-state index contributed by atoms with van der Waals surface area (Å²) < 4.78 is 58.9. The smallest absolute Gasteiger partial charge is 0.319 e. The number of alkyl halides is 1. The van der Waals surface area contributed by atoms with Gasteiger partial charge >= 0.3 is 6.01 Å². The number of thiophene rings is 1. The molecule has 0 radical (unpaired) electrons. The number of nitriles is 1. The first kappa shape index (κ1) is 30.1. The lowest BCUT2D eigenvalue weighted by Gasteiger charge is -2.34. The molecule has 2 saturated heterocycles. The van der Waals surface area contributed by atoms with Crippen molar-refractivity contribution < 1.29 is 27.8 Å². The van der Waals surface area contributed by atoms with Crippen molar-refractivity contribution in [3.05, 3.63) is 34.4 Å². The van der Waals surface area contributed by atoms with Crippen molar-refractivity contribution in [3.63, 3.8) is 0 Å². The van der Waals surface area contributed by atoms with Crippen molar-refractivity contribution in [2.75, 3.05) is 43.5 Å². The Labute approximate surface area is 265 Å². The number of nitrogens with zero attached hydrogens (tertiary/aromatic N) is 5. The van der Waals surface area contributed by atoms with E-state index in [9.17, 15) is 19.1 Å². The highest BCUT2D eigenvalue weighted by Crippen LogP contribution is 2.51. The summed E-state index contributed by atoms with van der Waals surface area (Å²) >= 11 is 7.85. The third-order valence-electron chi connectivity index (χ3n) is 9.30. The zero-order valence-electron chi connectivity index (χ0n) is 24.5. The molecule has 4 aromatic rings. The van der Waals surface area contributed by atoms with Crippen molar-refractivity contribution in [2.45, 2.75) is 56.9 Å². The molecule has 3 aliphatic heterocycles. The van der Waals surface area contributed by atoms with Gasteiger partial charge in [-0.05, 0) is 44.9 Å². The lowest BCUT2D eigenvalue weighted by molar-refractivity contribution is 0.107. The Kier molecular flexibility index (Phi) is 7.39. The number of nitrogen functional groups attached to an aromatic ring is 1. The Hall–Kier alpha value is -3.57. The Balaban J connectivity index is 1.47. The van der Waals surface area contributed by atoms with Crippen molar-refractivity contribution in [1.82, 2.24) is 14.9 Å². The molecule has 0 unspecified atom stereocenters. The summed E-state index contributed by atoms with van der Waals surface area (Å²) in [4.78, 5) is 13.2. The molecule has 0 spiro atoms. The minimum atomic E-state index is -0.961. The first-order valence-electron chi connectivity index (χ1n) is 14.8. The van der Waals surface area contributed by atoms with Gasteiger partial charge in [0.1, 0.15) is 47.6 Å². The van der Waals surface area contributed by atoms with Gasteiger partial charge in [-0.2, -0.15) is 15.2 Å². The van der Waals surface area contributed by atoms with E-state index in [-0.39, 0.29) is 91.1 Å². The molecule has 14 heteroatoms. The Morgan fingerprint density at radius 2 is 2.13 bits per heavy atom. The van der Waals surface area contributed by atoms with E-state index in [1.54, 1.807) is 6.92 Å². The third-order valence-corrected chi connectivity index (χ3v) is 10.7. The minimum absolute atomic E-state index is 0.0129. The van der Waals surface area contributed by atoms with Crippen LogP contribution >= 0.6 is 22.9 Å². The van der Waals surface area contributed by atoms with Crippen LogP contribution in [-0.2, 0) is 0 Å². The average Bonchev–Trinajstić information content (AvgIpc) is 3.63. The van der Waals surface area contributed by atoms with Gasteiger partial charge in [0.25, 0.3) is 0 Å². The van der Waals surface area contributed by atoms with E-state index in [0.29, 0.717) is 13.0 Å². The minimum Gasteiger partial charge on any atom is -0.489 e. The summed E-state index contributed by atoms with van der Waals surface area (Å²) in [6.07, 6.45) is 1.04. The average molecular weight is 659 g/mol. The fourth-order valence-electron chi connectivity index (χ4n) is 7.24. The van der Waals surface area contributed by atoms with Gasteiger partial charge in [-0.15, -0.1) is 11.3 Å². The van der Waals surface area contributed by atoms with Crippen molar-refractivity contribution in [3.8, 4) is 29.0 Å². The number of aliphatic hydroxyl groups excluding tert-OH is 1. The maximum Gasteiger partial charge on any atom is 0.319 e. The number of nitrogens with two attached hydrogens (primary N) is 1. The maximum atomic E-state index is 17.0. The molecular weight excluding hydrogens is 629 g/mol. The first-order chi connectivity index (χ1) is 21.6. The lowest BCUT2D eigenvalue weighted by atomic mass is 9.95. The molecule has 0 amide bonds. The highest BCUT2D eigenvalue weighted by Gasteiger charge is 2.49. The number of anilines is 2. The SMILES string of the molecule is C[C@@H](CO)N1c2nc(OC[C@@]34CCCN3C[C@H](F)C4)nc3c(F)c(-c4ccc(F)c5sc(N)c(C#N)c45)c(Cl)c(c23)OC[C@@H]1C. The topological polar surface area (TPSA) is 121 Å². The van der Waals surface area contributed by atoms with Gasteiger partial charge in [0.15, 0.2) is 11.6 Å². The summed E-state index contributed by atoms with van der Waals surface area (Å²) in [6, 6.07) is 3.64. The molecule has 236 valence electrons. The number of hydrogen-bond acceptors (Lipinski definition) is 10. The largest absolute Gasteiger partial charge is 0.489 e. The summed E-state index contributed by atoms with van der Waals surface area (Å²) in [7, 11) is 0. The highest BCUT2D eigenvalue weighted by molar-refractivity contribution is 7.23. The summed E-state index contributed by atoms with van der Waals surface area (Å²) in [5, 5.41) is 20.3. The Morgan fingerprint density at radius 3 is 2.89 bits per heavy atom. The van der Waals surface area contributed by atoms with Gasteiger partial charge in [-0.1, -0.05) is 17.7 Å². The number of rotatable bonds is 6. The summed E-state index contributed by atoms with van der Waals surface area (Å²) in [5.74, 6) is -1.08. The van der Waals surface area contributed by atoms with Crippen LogP contribution in [0.5, 0.6) is 11.8 Å². The molecule has 0 bridgehead atoms. The quantitative estimate of drug-likeness (QED) is 0.264. The van der Waals surface area contributed by atoms with Crippen molar-refractivity contribution >= 4 is 54.7 Å². The standard InChI is InChI=1S/C31H30ClF3N6O3S/c1-14(11-42)41-15(2)12-43-26-22-25(38-30(39-29(22)41)44-13-31-6-3-7-40(31)10-16(33)8-31)24(35)21(23(26)32)17-4-5-19(34)27-20(17)18(9-36)28(37)45-27/h4-5,14-16,42H,3,6-8,10-13,37H2,1-2H3/t14-,15-,16+,31-/m0/s1. The molecule has 9 nitrogen and oxygen atoms in total. The van der Waals surface area contributed by atoms with Gasteiger partial charge < -0.3 is 25.2 Å². The van der Waals surface area contributed by atoms with Crippen LogP contribution < -0.4 is 20.1 Å². The van der Waals surface area contributed by atoms with E-state index in [2.05, 4.69) is 9.88 Å². The van der Waals surface area contributed by atoms with Gasteiger partial charge in [-0.25, -0.2) is 13.2 Å². The van der Waals surface area contributed by atoms with Crippen molar-refractivity contribution in [1.29, 1.82) is 5.26 Å². The maximum absolute atomic E-state index is 17.0. The van der Waals surface area contributed by atoms with E-state index >= 15 is 4.39 Å². The van der Waals surface area contributed by atoms with Crippen LogP contribution in [0.2, 0.25) is 5.02 Å². The molecule has 3 aliphatic rings. The van der Waals surface area contributed by atoms with Crippen LogP contribution in [-0.4, -0.2) is 76.7 Å². The molecule has 5 heterocycles. The van der Waals surface area contributed by atoms with Crippen LogP contribution in [0.25, 0.3) is 32.1 Å². The third kappa shape index (κ3) is 4.56. The van der Waals surface area contributed by atoms with Gasteiger partial charge in [0, 0.05) is 23.9 Å². The predicted octanol–water partition coefficient (Wildman–Crippen LogP) is 5.82. The second-order valence-corrected chi connectivity index (χ2v) is 13.5. The normalized spacial score (nSPS) is 23.6. The van der Waals surface area contributed by atoms with Crippen LogP contribution in [0.15, 0.2) is 12.1 Å². The van der Waals surface area contributed by atoms with Gasteiger partial charge in [-0.3, -0.25) is 4.90 Å². The summed E-state index contributed by atoms with van der Waals surface area (Å²) in [5.41, 5.74) is 5.43. The number of ether oxygens (including phenoxy) is 2. The number of aliphatic hydroxyl groups is 1. The second kappa shape index (κ2) is 11.0. The van der Waals surface area contributed by atoms with E-state index < -0.39 is 29.4 Å². The molecular formula is C31H30ClF3N6O3S. The van der Waals surface area contributed by atoms with Gasteiger partial charge in [0.05, 0.1) is 44.9 Å². The second-order valence-electron chi connectivity index (χ2n) is 12.1. The molecule has 0 saturated carbocycles. The van der Waals surface area contributed by atoms with E-state index in [4.69, 9.17) is 31.8 Å². The Bertz CT molecular complexity index is 1900. The van der Waals surface area contributed by atoms with Gasteiger partial charge in [0.2, 0.25) is 0 Å². The Morgan fingerprint density at radius 1 is 1.33 bits per heavy atom. The molecule has 7 rings (SSSR count). The highest BCUT2D eigenvalue weighted by atomic mass is 35.5. The van der Waals surface area contributed by atoms with E-state index in [0.717, 1.165) is 30.7 Å². The van der Waals surface area contributed by atoms with Crippen LogP contribution in [0.1, 0.15) is 38.7 Å². The van der Waals surface area contributed by atoms with Crippen molar-refractivity contribution in [2.24, 2.45) is 0 Å². The predicted molar refractivity (Wildman–Crippen MR) is 167 cm³/mol. The molecule has 2 aromatic heterocycles. The zero-order valence-corrected chi connectivity index (χ0v) is 26.1. The van der Waals surface area contributed by atoms with Crippen LogP contribution in [0.3, 0.4) is 0 Å². The summed E-state index contributed by atoms with van der Waals surface area (Å²) in [6.45, 7) is 4.80. The number of fused-ring (bicyclic) bond motifs is 2. The zero-order chi connectivity index (χ0) is 31.8. The van der Waals surface area contributed by atoms with Crippen LogP contribution in [0.4, 0.5) is 24.0 Å². The van der Waals surface area contributed by atoms with Crippen LogP contribution in [0, 0.1) is 23.0 Å². The van der Waals surface area contributed by atoms with E-state index in [1.807, 2.05) is 17.9 Å². The number of aromatic nitrogens is 2. The molecule has 2 aromatic carbocycles. The number of halogens is 4. The number of benzene rings is 2. The van der Waals surface area contributed by atoms with E-state index in [1.165, 1.54) is 12.1 Å². The molecule has 4 atom stereocenters. The fourth-order valence-corrected chi connectivity index (χ4v) is 8.52. The monoisotopic (exact) mass is 658 g/mol. The molecule has 45 heavy (non-hydrogen) atoms.